The van der Waals surface area contributed by atoms with Gasteiger partial charge in [0.15, 0.2) is 0 Å². The van der Waals surface area contributed by atoms with Gasteiger partial charge in [0, 0.05) is 11.6 Å². The molecule has 2 aromatic heterocycles. The zero-order valence-corrected chi connectivity index (χ0v) is 11.7. The number of aromatic nitrogens is 2. The smallest absolute Gasteiger partial charge is 0.140 e. The first-order valence-electron chi connectivity index (χ1n) is 7.16. The molecule has 3 heterocycles. The molecule has 0 spiro atoms. The monoisotopic (exact) mass is 279 g/mol. The molecule has 2 N–H and O–H groups in total. The SMILES string of the molecule is N#Cc1ccc(Nc2cccc(C3CCNCC3)n2)cn1. The highest BCUT2D eigenvalue weighted by Crippen LogP contribution is 2.25. The first-order chi connectivity index (χ1) is 10.3. The molecule has 1 saturated heterocycles. The molecule has 0 aromatic carbocycles. The molecular weight excluding hydrogens is 262 g/mol. The Morgan fingerprint density at radius 1 is 1.19 bits per heavy atom. The van der Waals surface area contributed by atoms with Crippen molar-refractivity contribution >= 4 is 11.5 Å². The van der Waals surface area contributed by atoms with Crippen molar-refractivity contribution in [2.45, 2.75) is 18.8 Å². The van der Waals surface area contributed by atoms with E-state index in [0.717, 1.165) is 43.1 Å². The highest BCUT2D eigenvalue weighted by atomic mass is 15.0. The number of nitrogens with one attached hydrogen (secondary N) is 2. The Hall–Kier alpha value is -2.45. The maximum absolute atomic E-state index is 8.75. The lowest BCUT2D eigenvalue weighted by Gasteiger charge is -2.22. The van der Waals surface area contributed by atoms with Crippen LogP contribution in [0, 0.1) is 11.3 Å². The number of piperidine rings is 1. The third-order valence-corrected chi connectivity index (χ3v) is 3.68. The van der Waals surface area contributed by atoms with Gasteiger partial charge in [0.1, 0.15) is 17.6 Å². The van der Waals surface area contributed by atoms with Crippen LogP contribution < -0.4 is 10.6 Å². The Kier molecular flexibility index (Phi) is 4.08. The summed E-state index contributed by atoms with van der Waals surface area (Å²) in [4.78, 5) is 8.75. The lowest BCUT2D eigenvalue weighted by molar-refractivity contribution is 0.453. The molecule has 0 aliphatic carbocycles. The first-order valence-corrected chi connectivity index (χ1v) is 7.16. The molecule has 0 bridgehead atoms. The van der Waals surface area contributed by atoms with Gasteiger partial charge < -0.3 is 10.6 Å². The van der Waals surface area contributed by atoms with E-state index in [4.69, 9.17) is 10.2 Å². The van der Waals surface area contributed by atoms with Crippen molar-refractivity contribution in [2.24, 2.45) is 0 Å². The van der Waals surface area contributed by atoms with Crippen LogP contribution in [0.2, 0.25) is 0 Å². The lowest BCUT2D eigenvalue weighted by atomic mass is 9.94. The molecule has 5 heteroatoms. The summed E-state index contributed by atoms with van der Waals surface area (Å²) < 4.78 is 0. The second-order valence-corrected chi connectivity index (χ2v) is 5.14. The highest BCUT2D eigenvalue weighted by molar-refractivity contribution is 5.55. The van der Waals surface area contributed by atoms with Crippen molar-refractivity contribution in [3.8, 4) is 6.07 Å². The Labute approximate surface area is 124 Å². The van der Waals surface area contributed by atoms with E-state index < -0.39 is 0 Å². The van der Waals surface area contributed by atoms with E-state index >= 15 is 0 Å². The van der Waals surface area contributed by atoms with Gasteiger partial charge in [-0.1, -0.05) is 6.07 Å². The van der Waals surface area contributed by atoms with Crippen molar-refractivity contribution in [2.75, 3.05) is 18.4 Å². The first kappa shape index (κ1) is 13.5. The summed E-state index contributed by atoms with van der Waals surface area (Å²) in [6.07, 6.45) is 3.92. The van der Waals surface area contributed by atoms with Crippen LogP contribution in [-0.2, 0) is 0 Å². The standard InChI is InChI=1S/C16H17N5/c17-10-13-4-5-14(11-19-13)20-16-3-1-2-15(21-16)12-6-8-18-9-7-12/h1-5,11-12,18H,6-9H2,(H,20,21). The maximum Gasteiger partial charge on any atom is 0.140 e. The van der Waals surface area contributed by atoms with Gasteiger partial charge in [0.25, 0.3) is 0 Å². The Morgan fingerprint density at radius 3 is 2.76 bits per heavy atom. The summed E-state index contributed by atoms with van der Waals surface area (Å²) in [6, 6.07) is 11.6. The van der Waals surface area contributed by atoms with Crippen LogP contribution in [0.3, 0.4) is 0 Å². The molecule has 0 saturated carbocycles. The van der Waals surface area contributed by atoms with Crippen LogP contribution in [0.25, 0.3) is 0 Å². The average Bonchev–Trinajstić information content (AvgIpc) is 2.57. The molecular formula is C16H17N5. The number of pyridine rings is 2. The molecule has 21 heavy (non-hydrogen) atoms. The summed E-state index contributed by atoms with van der Waals surface area (Å²) in [5.41, 5.74) is 2.39. The summed E-state index contributed by atoms with van der Waals surface area (Å²) in [5, 5.41) is 15.4. The van der Waals surface area contributed by atoms with E-state index in [-0.39, 0.29) is 0 Å². The van der Waals surface area contributed by atoms with E-state index in [1.165, 1.54) is 0 Å². The topological polar surface area (TPSA) is 73.6 Å². The third-order valence-electron chi connectivity index (χ3n) is 3.68. The molecule has 1 aliphatic rings. The number of hydrogen-bond donors (Lipinski definition) is 2. The van der Waals surface area contributed by atoms with Crippen molar-refractivity contribution in [3.63, 3.8) is 0 Å². The molecule has 0 atom stereocenters. The van der Waals surface area contributed by atoms with Gasteiger partial charge in [-0.3, -0.25) is 0 Å². The van der Waals surface area contributed by atoms with E-state index in [2.05, 4.69) is 21.7 Å². The van der Waals surface area contributed by atoms with Gasteiger partial charge in [-0.05, 0) is 50.2 Å². The molecule has 106 valence electrons. The normalized spacial score (nSPS) is 15.4. The summed E-state index contributed by atoms with van der Waals surface area (Å²) in [5.74, 6) is 1.35. The van der Waals surface area contributed by atoms with Gasteiger partial charge in [-0.15, -0.1) is 0 Å². The van der Waals surface area contributed by atoms with Crippen molar-refractivity contribution in [1.82, 2.24) is 15.3 Å². The average molecular weight is 279 g/mol. The van der Waals surface area contributed by atoms with E-state index in [0.29, 0.717) is 11.6 Å². The van der Waals surface area contributed by atoms with Crippen LogP contribution in [-0.4, -0.2) is 23.1 Å². The summed E-state index contributed by atoms with van der Waals surface area (Å²) in [7, 11) is 0. The minimum absolute atomic E-state index is 0.414. The van der Waals surface area contributed by atoms with Gasteiger partial charge in [-0.25, -0.2) is 9.97 Å². The van der Waals surface area contributed by atoms with Gasteiger partial charge >= 0.3 is 0 Å². The molecule has 1 aliphatic heterocycles. The van der Waals surface area contributed by atoms with Gasteiger partial charge in [0.2, 0.25) is 0 Å². The van der Waals surface area contributed by atoms with Crippen molar-refractivity contribution in [1.29, 1.82) is 5.26 Å². The predicted octanol–water partition coefficient (Wildman–Crippen LogP) is 2.56. The van der Waals surface area contributed by atoms with Gasteiger partial charge in [-0.2, -0.15) is 5.26 Å². The van der Waals surface area contributed by atoms with E-state index in [9.17, 15) is 0 Å². The quantitative estimate of drug-likeness (QED) is 0.903. The second-order valence-electron chi connectivity index (χ2n) is 5.14. The Bertz CT molecular complexity index is 638. The summed E-state index contributed by atoms with van der Waals surface area (Å²) >= 11 is 0. The zero-order valence-electron chi connectivity index (χ0n) is 11.7. The Balaban J connectivity index is 1.74. The highest BCUT2D eigenvalue weighted by Gasteiger charge is 2.16. The number of rotatable bonds is 3. The Morgan fingerprint density at radius 2 is 2.05 bits per heavy atom. The largest absolute Gasteiger partial charge is 0.339 e. The number of nitrogens with zero attached hydrogens (tertiary/aromatic N) is 3. The van der Waals surface area contributed by atoms with E-state index in [1.807, 2.05) is 24.3 Å². The zero-order chi connectivity index (χ0) is 14.5. The number of hydrogen-bond acceptors (Lipinski definition) is 5. The number of anilines is 2. The molecule has 0 radical (unpaired) electrons. The maximum atomic E-state index is 8.75. The fourth-order valence-electron chi connectivity index (χ4n) is 2.55. The van der Waals surface area contributed by atoms with Gasteiger partial charge in [0.05, 0.1) is 11.9 Å². The molecule has 3 rings (SSSR count). The van der Waals surface area contributed by atoms with Crippen LogP contribution in [0.1, 0.15) is 30.1 Å². The van der Waals surface area contributed by atoms with Crippen LogP contribution in [0.5, 0.6) is 0 Å². The molecule has 5 nitrogen and oxygen atoms in total. The predicted molar refractivity (Wildman–Crippen MR) is 81.3 cm³/mol. The van der Waals surface area contributed by atoms with Crippen molar-refractivity contribution < 1.29 is 0 Å². The molecule has 2 aromatic rings. The van der Waals surface area contributed by atoms with Crippen LogP contribution in [0.4, 0.5) is 11.5 Å². The minimum atomic E-state index is 0.414. The third kappa shape index (κ3) is 3.36. The second kappa shape index (κ2) is 6.33. The van der Waals surface area contributed by atoms with Crippen molar-refractivity contribution in [3.05, 3.63) is 47.9 Å². The lowest BCUT2D eigenvalue weighted by Crippen LogP contribution is -2.27. The molecule has 0 amide bonds. The van der Waals surface area contributed by atoms with E-state index in [1.54, 1.807) is 12.3 Å². The molecule has 0 unspecified atom stereocenters. The van der Waals surface area contributed by atoms with Crippen LogP contribution >= 0.6 is 0 Å². The van der Waals surface area contributed by atoms with Crippen LogP contribution in [0.15, 0.2) is 36.5 Å². The molecule has 1 fully saturated rings. The minimum Gasteiger partial charge on any atom is -0.339 e. The fourth-order valence-corrected chi connectivity index (χ4v) is 2.55. The number of nitriles is 1. The fraction of sp³-hybridized carbons (Fsp3) is 0.312. The summed E-state index contributed by atoms with van der Waals surface area (Å²) in [6.45, 7) is 2.12.